The highest BCUT2D eigenvalue weighted by atomic mass is 32.2. The summed E-state index contributed by atoms with van der Waals surface area (Å²) in [7, 11) is 0. The summed E-state index contributed by atoms with van der Waals surface area (Å²) in [4.78, 5) is 2.58. The van der Waals surface area contributed by atoms with Crippen LogP contribution < -0.4 is 0 Å². The number of unbranched alkanes of at least 4 members (excludes halogenated alkanes) is 1. The largest absolute Gasteiger partial charge is 0.392 e. The Morgan fingerprint density at radius 3 is 2.58 bits per heavy atom. The smallest absolute Gasteiger partial charge is 0.0654 e. The quantitative estimate of drug-likeness (QED) is 0.249. The monoisotopic (exact) mass is 451 g/mol. The summed E-state index contributed by atoms with van der Waals surface area (Å²) < 4.78 is 0. The van der Waals surface area contributed by atoms with Crippen LogP contribution in [0, 0.1) is 17.8 Å². The maximum atomic E-state index is 10.6. The molecule has 0 aromatic rings. The van der Waals surface area contributed by atoms with Crippen molar-refractivity contribution in [1.82, 2.24) is 4.90 Å². The zero-order valence-corrected chi connectivity index (χ0v) is 21.8. The van der Waals surface area contributed by atoms with Gasteiger partial charge in [-0.05, 0) is 90.9 Å². The van der Waals surface area contributed by atoms with Gasteiger partial charge in [-0.2, -0.15) is 11.8 Å². The summed E-state index contributed by atoms with van der Waals surface area (Å²) in [6.07, 6.45) is 13.6. The molecular weight excluding hydrogens is 402 g/mol. The second kappa shape index (κ2) is 12.8. The Kier molecular flexibility index (Phi) is 11.1. The van der Waals surface area contributed by atoms with E-state index in [1.165, 1.54) is 18.7 Å². The minimum Gasteiger partial charge on any atom is -0.392 e. The Hall–Kier alpha value is -0.290. The number of nitrogens with zero attached hydrogens (tertiary/aromatic N) is 1. The van der Waals surface area contributed by atoms with Crippen molar-refractivity contribution in [2.75, 3.05) is 18.1 Å². The third kappa shape index (κ3) is 8.53. The highest BCUT2D eigenvalue weighted by Gasteiger charge is 2.43. The Balaban J connectivity index is 1.74. The van der Waals surface area contributed by atoms with Crippen LogP contribution in [0.15, 0.2) is 23.8 Å². The van der Waals surface area contributed by atoms with Gasteiger partial charge in [0.15, 0.2) is 0 Å². The van der Waals surface area contributed by atoms with E-state index < -0.39 is 5.60 Å². The van der Waals surface area contributed by atoms with Crippen molar-refractivity contribution >= 4 is 11.8 Å². The Bertz CT molecular complexity index is 576. The molecule has 2 aliphatic rings. The number of thioether (sulfide) groups is 1. The average Bonchev–Trinajstić information content (AvgIpc) is 3.19. The van der Waals surface area contributed by atoms with Crippen molar-refractivity contribution in [3.05, 3.63) is 23.8 Å². The number of aliphatic hydroxyl groups excluding tert-OH is 1. The second-order valence-electron chi connectivity index (χ2n) is 10.8. The number of rotatable bonds is 14. The van der Waals surface area contributed by atoms with Gasteiger partial charge in [0.2, 0.25) is 0 Å². The molecule has 0 heterocycles. The SMILES string of the molecule is CCCC[C@](C)(O)CC=C[C@@H]1[C@H]2CC(CSCCCN(C(C)C)C(C)C)=C[C@H]2C[C@H]1O. The van der Waals surface area contributed by atoms with E-state index in [2.05, 4.69) is 69.5 Å². The number of hydrogen-bond acceptors (Lipinski definition) is 4. The first-order valence-corrected chi connectivity index (χ1v) is 13.9. The van der Waals surface area contributed by atoms with E-state index in [1.54, 1.807) is 5.57 Å². The number of fused-ring (bicyclic) bond motifs is 1. The van der Waals surface area contributed by atoms with E-state index in [0.29, 0.717) is 30.3 Å². The maximum absolute atomic E-state index is 10.6. The molecule has 0 spiro atoms. The molecule has 2 N–H and O–H groups in total. The van der Waals surface area contributed by atoms with Gasteiger partial charge in [-0.15, -0.1) is 0 Å². The van der Waals surface area contributed by atoms with Crippen LogP contribution in [0.4, 0.5) is 0 Å². The van der Waals surface area contributed by atoms with Gasteiger partial charge in [0, 0.05) is 23.8 Å². The van der Waals surface area contributed by atoms with Crippen LogP contribution in [-0.2, 0) is 0 Å². The molecule has 0 saturated heterocycles. The van der Waals surface area contributed by atoms with Crippen molar-refractivity contribution in [2.45, 2.75) is 110 Å². The third-order valence-electron chi connectivity index (χ3n) is 7.25. The fourth-order valence-electron chi connectivity index (χ4n) is 5.52. The van der Waals surface area contributed by atoms with Gasteiger partial charge in [0.25, 0.3) is 0 Å². The van der Waals surface area contributed by atoms with Gasteiger partial charge in [-0.1, -0.05) is 43.6 Å². The van der Waals surface area contributed by atoms with Crippen LogP contribution in [0.2, 0.25) is 0 Å². The Morgan fingerprint density at radius 2 is 1.94 bits per heavy atom. The van der Waals surface area contributed by atoms with Gasteiger partial charge in [-0.25, -0.2) is 0 Å². The molecule has 0 bridgehead atoms. The summed E-state index contributed by atoms with van der Waals surface area (Å²) in [5, 5.41) is 21.1. The van der Waals surface area contributed by atoms with Crippen LogP contribution in [0.25, 0.3) is 0 Å². The molecular formula is C27H49NO2S. The van der Waals surface area contributed by atoms with Gasteiger partial charge < -0.3 is 10.2 Å². The average molecular weight is 452 g/mol. The van der Waals surface area contributed by atoms with Crippen molar-refractivity contribution in [3.8, 4) is 0 Å². The minimum atomic E-state index is -0.619. The Morgan fingerprint density at radius 1 is 1.23 bits per heavy atom. The molecule has 0 aliphatic heterocycles. The summed E-state index contributed by atoms with van der Waals surface area (Å²) in [6.45, 7) is 14.5. The third-order valence-corrected chi connectivity index (χ3v) is 8.41. The molecule has 0 unspecified atom stereocenters. The zero-order valence-electron chi connectivity index (χ0n) is 21.0. The molecule has 0 aromatic heterocycles. The van der Waals surface area contributed by atoms with Crippen LogP contribution in [0.3, 0.4) is 0 Å². The van der Waals surface area contributed by atoms with E-state index in [4.69, 9.17) is 0 Å². The van der Waals surface area contributed by atoms with Crippen molar-refractivity contribution in [1.29, 1.82) is 0 Å². The summed E-state index contributed by atoms with van der Waals surface area (Å²) >= 11 is 2.08. The first kappa shape index (κ1) is 27.0. The van der Waals surface area contributed by atoms with Crippen LogP contribution in [0.1, 0.15) is 86.5 Å². The lowest BCUT2D eigenvalue weighted by Crippen LogP contribution is -2.37. The first-order valence-electron chi connectivity index (χ1n) is 12.7. The van der Waals surface area contributed by atoms with E-state index in [1.807, 2.05) is 6.92 Å². The molecule has 0 radical (unpaired) electrons. The lowest BCUT2D eigenvalue weighted by atomic mass is 9.88. The lowest BCUT2D eigenvalue weighted by molar-refractivity contribution is 0.0513. The summed E-state index contributed by atoms with van der Waals surface area (Å²) in [6, 6.07) is 1.24. The minimum absolute atomic E-state index is 0.227. The Labute approximate surface area is 196 Å². The molecule has 31 heavy (non-hydrogen) atoms. The summed E-state index contributed by atoms with van der Waals surface area (Å²) in [5.74, 6) is 3.71. The standard InChI is InChI=1S/C27H49NO2S/c1-7-8-12-27(6,30)13-9-11-24-25-17-22(16-23(25)18-26(24)29)19-31-15-10-14-28(20(2)3)21(4)5/h9,11,16,20-21,23-26,29-30H,7-8,10,12-15,17-19H2,1-6H3/t23-,24+,25-,26+,27-/m0/s1. The van der Waals surface area contributed by atoms with Gasteiger partial charge in [0.05, 0.1) is 11.7 Å². The molecule has 2 aliphatic carbocycles. The predicted molar refractivity (Wildman–Crippen MR) is 137 cm³/mol. The molecule has 2 rings (SSSR count). The molecule has 3 nitrogen and oxygen atoms in total. The number of aliphatic hydroxyl groups is 2. The highest BCUT2D eigenvalue weighted by molar-refractivity contribution is 7.99. The second-order valence-corrected chi connectivity index (χ2v) is 11.9. The van der Waals surface area contributed by atoms with E-state index in [9.17, 15) is 10.2 Å². The fraction of sp³-hybridized carbons (Fsp3) is 0.852. The maximum Gasteiger partial charge on any atom is 0.0654 e. The fourth-order valence-corrected chi connectivity index (χ4v) is 6.47. The molecule has 5 atom stereocenters. The molecule has 0 amide bonds. The van der Waals surface area contributed by atoms with E-state index >= 15 is 0 Å². The number of hydrogen-bond donors (Lipinski definition) is 2. The van der Waals surface area contributed by atoms with Crippen LogP contribution >= 0.6 is 11.8 Å². The zero-order chi connectivity index (χ0) is 23.0. The lowest BCUT2D eigenvalue weighted by Gasteiger charge is -2.30. The predicted octanol–water partition coefficient (Wildman–Crippen LogP) is 6.06. The van der Waals surface area contributed by atoms with Gasteiger partial charge >= 0.3 is 0 Å². The van der Waals surface area contributed by atoms with Crippen molar-refractivity contribution in [3.63, 3.8) is 0 Å². The van der Waals surface area contributed by atoms with E-state index in [-0.39, 0.29) is 12.0 Å². The van der Waals surface area contributed by atoms with Gasteiger partial charge in [-0.3, -0.25) is 4.90 Å². The summed E-state index contributed by atoms with van der Waals surface area (Å²) in [5.41, 5.74) is 0.969. The normalized spacial score (nSPS) is 28.2. The molecule has 1 saturated carbocycles. The van der Waals surface area contributed by atoms with Crippen LogP contribution in [0.5, 0.6) is 0 Å². The van der Waals surface area contributed by atoms with Gasteiger partial charge in [0.1, 0.15) is 0 Å². The number of allylic oxidation sites excluding steroid dienone is 1. The topological polar surface area (TPSA) is 43.7 Å². The highest BCUT2D eigenvalue weighted by Crippen LogP contribution is 2.47. The molecule has 1 fully saturated rings. The molecule has 0 aromatic carbocycles. The van der Waals surface area contributed by atoms with Crippen molar-refractivity contribution in [2.24, 2.45) is 17.8 Å². The molecule has 4 heteroatoms. The molecule has 180 valence electrons. The first-order chi connectivity index (χ1) is 14.6. The van der Waals surface area contributed by atoms with Crippen LogP contribution in [-0.4, -0.2) is 57.0 Å². The van der Waals surface area contributed by atoms with E-state index in [0.717, 1.165) is 37.9 Å². The van der Waals surface area contributed by atoms with Crippen molar-refractivity contribution < 1.29 is 10.2 Å².